The Balaban J connectivity index is 3.15. The molecule has 4 nitrogen and oxygen atoms in total. The Morgan fingerprint density at radius 3 is 2.75 bits per heavy atom. The highest BCUT2D eigenvalue weighted by molar-refractivity contribution is 5.87. The number of methoxy groups -OCH3 is 1. The van der Waals surface area contributed by atoms with E-state index in [-0.39, 0.29) is 6.04 Å². The average Bonchev–Trinajstić information content (AvgIpc) is 2.38. The summed E-state index contributed by atoms with van der Waals surface area (Å²) in [6.45, 7) is 5.22. The Morgan fingerprint density at radius 1 is 1.50 bits per heavy atom. The first-order chi connectivity index (χ1) is 9.45. The van der Waals surface area contributed by atoms with Crippen molar-refractivity contribution in [3.8, 4) is 0 Å². The van der Waals surface area contributed by atoms with E-state index in [1.807, 2.05) is 18.7 Å². The number of hydrogen-bond donors (Lipinski definition) is 1. The summed E-state index contributed by atoms with van der Waals surface area (Å²) in [5.74, 6) is -1.46. The second-order valence-electron chi connectivity index (χ2n) is 4.65. The summed E-state index contributed by atoms with van der Waals surface area (Å²) in [5, 5.41) is 8.71. The van der Waals surface area contributed by atoms with E-state index in [0.717, 1.165) is 11.8 Å². The van der Waals surface area contributed by atoms with Crippen molar-refractivity contribution in [1.82, 2.24) is 0 Å². The van der Waals surface area contributed by atoms with Gasteiger partial charge in [0.05, 0.1) is 6.61 Å². The lowest BCUT2D eigenvalue weighted by Crippen LogP contribution is -2.34. The lowest BCUT2D eigenvalue weighted by Gasteiger charge is -2.30. The molecule has 0 atom stereocenters. The van der Waals surface area contributed by atoms with Gasteiger partial charge in [0.15, 0.2) is 0 Å². The van der Waals surface area contributed by atoms with E-state index in [4.69, 9.17) is 9.84 Å². The molecule has 5 heteroatoms. The number of nitrogens with zero attached hydrogens (tertiary/aromatic N) is 1. The van der Waals surface area contributed by atoms with E-state index < -0.39 is 11.8 Å². The molecule has 0 heterocycles. The van der Waals surface area contributed by atoms with Crippen LogP contribution in [0.5, 0.6) is 0 Å². The van der Waals surface area contributed by atoms with Crippen LogP contribution in [0.25, 0.3) is 6.08 Å². The van der Waals surface area contributed by atoms with Gasteiger partial charge in [-0.1, -0.05) is 0 Å². The maximum absolute atomic E-state index is 13.4. The largest absolute Gasteiger partial charge is 0.478 e. The van der Waals surface area contributed by atoms with Crippen LogP contribution in [0.4, 0.5) is 10.1 Å². The Morgan fingerprint density at radius 2 is 2.20 bits per heavy atom. The van der Waals surface area contributed by atoms with Crippen LogP contribution in [0, 0.1) is 5.82 Å². The number of carboxylic acid groups (broad SMARTS) is 1. The zero-order valence-electron chi connectivity index (χ0n) is 12.0. The molecule has 0 amide bonds. The van der Waals surface area contributed by atoms with Gasteiger partial charge in [-0.05, 0) is 38.1 Å². The van der Waals surface area contributed by atoms with Gasteiger partial charge in [0.2, 0.25) is 0 Å². The van der Waals surface area contributed by atoms with Gasteiger partial charge in [-0.3, -0.25) is 0 Å². The summed E-state index contributed by atoms with van der Waals surface area (Å²) >= 11 is 0. The molecule has 1 N–H and O–H groups in total. The van der Waals surface area contributed by atoms with Crippen molar-refractivity contribution < 1.29 is 19.0 Å². The molecule has 0 fully saturated rings. The fraction of sp³-hybridized carbons (Fsp3) is 0.400. The predicted octanol–water partition coefficient (Wildman–Crippen LogP) is 2.78. The number of rotatable bonds is 7. The number of ether oxygens (including phenoxy) is 1. The average molecular weight is 281 g/mol. The number of benzene rings is 1. The molecule has 0 aromatic heterocycles. The quantitative estimate of drug-likeness (QED) is 0.781. The summed E-state index contributed by atoms with van der Waals surface area (Å²) in [5.41, 5.74) is 1.33. The van der Waals surface area contributed by atoms with Crippen molar-refractivity contribution in [2.24, 2.45) is 0 Å². The van der Waals surface area contributed by atoms with Gasteiger partial charge in [0.1, 0.15) is 5.82 Å². The third-order valence-electron chi connectivity index (χ3n) is 2.86. The van der Waals surface area contributed by atoms with E-state index in [1.165, 1.54) is 18.2 Å². The molecular weight excluding hydrogens is 261 g/mol. The van der Waals surface area contributed by atoms with Crippen molar-refractivity contribution in [2.75, 3.05) is 25.2 Å². The second kappa shape index (κ2) is 7.65. The minimum atomic E-state index is -1.06. The van der Waals surface area contributed by atoms with Gasteiger partial charge < -0.3 is 14.7 Å². The van der Waals surface area contributed by atoms with Gasteiger partial charge in [-0.25, -0.2) is 9.18 Å². The van der Waals surface area contributed by atoms with Gasteiger partial charge in [0.25, 0.3) is 0 Å². The topological polar surface area (TPSA) is 49.8 Å². The molecule has 20 heavy (non-hydrogen) atoms. The van der Waals surface area contributed by atoms with Crippen LogP contribution in [0.1, 0.15) is 19.4 Å². The predicted molar refractivity (Wildman–Crippen MR) is 77.4 cm³/mol. The minimum Gasteiger partial charge on any atom is -0.478 e. The summed E-state index contributed by atoms with van der Waals surface area (Å²) in [4.78, 5) is 12.7. The molecule has 0 spiro atoms. The number of hydrogen-bond acceptors (Lipinski definition) is 3. The lowest BCUT2D eigenvalue weighted by atomic mass is 10.1. The standard InChI is InChI=1S/C15H20FNO3/c1-11(2)17(8-9-20-3)14-6-5-13(16)10-12(14)4-7-15(18)19/h4-7,10-11H,8-9H2,1-3H3,(H,18,19)/b7-4+. The number of carbonyl (C=O) groups is 1. The minimum absolute atomic E-state index is 0.188. The molecule has 0 unspecified atom stereocenters. The fourth-order valence-electron chi connectivity index (χ4n) is 1.93. The molecule has 0 bridgehead atoms. The molecule has 0 aliphatic heterocycles. The molecule has 0 saturated heterocycles. The second-order valence-corrected chi connectivity index (χ2v) is 4.65. The molecule has 0 saturated carbocycles. The van der Waals surface area contributed by atoms with E-state index in [2.05, 4.69) is 0 Å². The third-order valence-corrected chi connectivity index (χ3v) is 2.86. The van der Waals surface area contributed by atoms with Gasteiger partial charge in [0, 0.05) is 37.0 Å². The van der Waals surface area contributed by atoms with Crippen molar-refractivity contribution in [1.29, 1.82) is 0 Å². The van der Waals surface area contributed by atoms with Crippen molar-refractivity contribution in [3.63, 3.8) is 0 Å². The number of anilines is 1. The smallest absolute Gasteiger partial charge is 0.328 e. The summed E-state index contributed by atoms with van der Waals surface area (Å²) in [6, 6.07) is 4.55. The van der Waals surface area contributed by atoms with E-state index in [1.54, 1.807) is 13.2 Å². The SMILES string of the molecule is COCCN(c1ccc(F)cc1/C=C/C(=O)O)C(C)C. The van der Waals surface area contributed by atoms with E-state index in [0.29, 0.717) is 18.7 Å². The molecule has 1 aromatic rings. The Labute approximate surface area is 118 Å². The van der Waals surface area contributed by atoms with Crippen molar-refractivity contribution >= 4 is 17.7 Å². The van der Waals surface area contributed by atoms with Crippen LogP contribution >= 0.6 is 0 Å². The Bertz CT molecular complexity index is 486. The summed E-state index contributed by atoms with van der Waals surface area (Å²) in [7, 11) is 1.62. The number of carboxylic acids is 1. The van der Waals surface area contributed by atoms with E-state index in [9.17, 15) is 9.18 Å². The summed E-state index contributed by atoms with van der Waals surface area (Å²) in [6.07, 6.45) is 2.41. The normalized spacial score (nSPS) is 11.2. The zero-order valence-corrected chi connectivity index (χ0v) is 12.0. The zero-order chi connectivity index (χ0) is 15.1. The maximum atomic E-state index is 13.4. The molecule has 0 aliphatic rings. The number of halogens is 1. The van der Waals surface area contributed by atoms with Crippen LogP contribution in [0.3, 0.4) is 0 Å². The molecule has 1 rings (SSSR count). The Hall–Kier alpha value is -1.88. The molecule has 0 radical (unpaired) electrons. The first-order valence-corrected chi connectivity index (χ1v) is 6.42. The molecule has 1 aromatic carbocycles. The highest BCUT2D eigenvalue weighted by Gasteiger charge is 2.14. The first-order valence-electron chi connectivity index (χ1n) is 6.42. The van der Waals surface area contributed by atoms with Gasteiger partial charge in [-0.2, -0.15) is 0 Å². The first kappa shape index (κ1) is 16.2. The highest BCUT2D eigenvalue weighted by atomic mass is 19.1. The summed E-state index contributed by atoms with van der Waals surface area (Å²) < 4.78 is 18.4. The maximum Gasteiger partial charge on any atom is 0.328 e. The third kappa shape index (κ3) is 4.66. The van der Waals surface area contributed by atoms with Crippen molar-refractivity contribution in [3.05, 3.63) is 35.7 Å². The van der Waals surface area contributed by atoms with Gasteiger partial charge >= 0.3 is 5.97 Å². The van der Waals surface area contributed by atoms with Crippen LogP contribution in [0.15, 0.2) is 24.3 Å². The fourth-order valence-corrected chi connectivity index (χ4v) is 1.93. The highest BCUT2D eigenvalue weighted by Crippen LogP contribution is 2.25. The van der Waals surface area contributed by atoms with Crippen molar-refractivity contribution in [2.45, 2.75) is 19.9 Å². The monoisotopic (exact) mass is 281 g/mol. The number of aliphatic carboxylic acids is 1. The van der Waals surface area contributed by atoms with Crippen LogP contribution in [-0.2, 0) is 9.53 Å². The lowest BCUT2D eigenvalue weighted by molar-refractivity contribution is -0.131. The van der Waals surface area contributed by atoms with Crippen LogP contribution in [0.2, 0.25) is 0 Å². The van der Waals surface area contributed by atoms with Gasteiger partial charge in [-0.15, -0.1) is 0 Å². The molecule has 110 valence electrons. The van der Waals surface area contributed by atoms with E-state index >= 15 is 0 Å². The molecule has 0 aliphatic carbocycles. The van der Waals surface area contributed by atoms with Crippen LogP contribution in [-0.4, -0.2) is 37.4 Å². The Kier molecular flexibility index (Phi) is 6.18. The van der Waals surface area contributed by atoms with Crippen LogP contribution < -0.4 is 4.90 Å². The molecular formula is C15H20FNO3.